The number of fused-ring (bicyclic) bond motifs is 1. The molecule has 0 bridgehead atoms. The Kier molecular flexibility index (Phi) is 3.48. The summed E-state index contributed by atoms with van der Waals surface area (Å²) in [5.41, 5.74) is 0.710. The van der Waals surface area contributed by atoms with Crippen LogP contribution in [0.1, 0.15) is 32.6 Å². The maximum Gasteiger partial charge on any atom is 0.311 e. The van der Waals surface area contributed by atoms with Gasteiger partial charge < -0.3 is 15.0 Å². The van der Waals surface area contributed by atoms with Gasteiger partial charge in [0.15, 0.2) is 11.5 Å². The first-order valence-electron chi connectivity index (χ1n) is 7.29. The fourth-order valence-corrected chi connectivity index (χ4v) is 3.27. The molecule has 0 spiro atoms. The number of piperidine rings is 1. The number of aromatic amines is 1. The first-order chi connectivity index (χ1) is 10.2. The van der Waals surface area contributed by atoms with Crippen LogP contribution in [0.4, 0.5) is 5.82 Å². The fraction of sp³-hybridized carbons (Fsp3) is 0.571. The molecule has 112 valence electrons. The van der Waals surface area contributed by atoms with Crippen molar-refractivity contribution in [1.82, 2.24) is 19.9 Å². The van der Waals surface area contributed by atoms with E-state index >= 15 is 0 Å². The summed E-state index contributed by atoms with van der Waals surface area (Å²) >= 11 is 0. The number of carboxylic acids is 1. The van der Waals surface area contributed by atoms with Crippen LogP contribution < -0.4 is 4.90 Å². The van der Waals surface area contributed by atoms with Crippen molar-refractivity contribution >= 4 is 23.0 Å². The summed E-state index contributed by atoms with van der Waals surface area (Å²) in [6.45, 7) is 3.33. The SMILES string of the molecule is CCCC1(C(=O)O)CCCN(c2ncnc3nc[nH]c23)C1. The Morgan fingerprint density at radius 1 is 1.48 bits per heavy atom. The zero-order valence-electron chi connectivity index (χ0n) is 12.0. The van der Waals surface area contributed by atoms with Crippen molar-refractivity contribution in [2.24, 2.45) is 5.41 Å². The first-order valence-corrected chi connectivity index (χ1v) is 7.29. The second-order valence-electron chi connectivity index (χ2n) is 5.66. The minimum atomic E-state index is -0.705. The molecule has 3 rings (SSSR count). The lowest BCUT2D eigenvalue weighted by Gasteiger charge is -2.40. The zero-order chi connectivity index (χ0) is 14.9. The number of nitrogens with one attached hydrogen (secondary N) is 1. The molecular weight excluding hydrogens is 270 g/mol. The van der Waals surface area contributed by atoms with Gasteiger partial charge in [-0.25, -0.2) is 15.0 Å². The highest BCUT2D eigenvalue weighted by Gasteiger charge is 2.42. The molecule has 2 N–H and O–H groups in total. The molecule has 0 aliphatic carbocycles. The topological polar surface area (TPSA) is 95.0 Å². The summed E-state index contributed by atoms with van der Waals surface area (Å²) < 4.78 is 0. The van der Waals surface area contributed by atoms with Gasteiger partial charge in [0.25, 0.3) is 0 Å². The Labute approximate surface area is 122 Å². The van der Waals surface area contributed by atoms with E-state index in [9.17, 15) is 9.90 Å². The molecule has 1 saturated heterocycles. The van der Waals surface area contributed by atoms with Gasteiger partial charge in [-0.2, -0.15) is 0 Å². The number of hydrogen-bond acceptors (Lipinski definition) is 5. The van der Waals surface area contributed by atoms with E-state index in [-0.39, 0.29) is 0 Å². The molecule has 0 aromatic carbocycles. The highest BCUT2D eigenvalue weighted by atomic mass is 16.4. The third kappa shape index (κ3) is 2.32. The summed E-state index contributed by atoms with van der Waals surface area (Å²) in [5, 5.41) is 9.68. The molecule has 1 fully saturated rings. The highest BCUT2D eigenvalue weighted by Crippen LogP contribution is 2.37. The van der Waals surface area contributed by atoms with E-state index in [0.29, 0.717) is 18.6 Å². The summed E-state index contributed by atoms with van der Waals surface area (Å²) in [4.78, 5) is 29.5. The van der Waals surface area contributed by atoms with E-state index in [1.165, 1.54) is 6.33 Å². The standard InChI is InChI=1S/C14H19N5O2/c1-2-4-14(13(20)21)5-3-6-19(7-14)12-10-11(16-8-15-10)17-9-18-12/h8-9H,2-7H2,1H3,(H,20,21)(H,15,16,17,18). The predicted octanol–water partition coefficient (Wildman–Crippen LogP) is 1.82. The summed E-state index contributed by atoms with van der Waals surface area (Å²) in [5.74, 6) is 0.0443. The normalized spacial score (nSPS) is 22.6. The molecule has 0 amide bonds. The number of hydrogen-bond donors (Lipinski definition) is 2. The molecule has 0 saturated carbocycles. The average molecular weight is 289 g/mol. The summed E-state index contributed by atoms with van der Waals surface area (Å²) in [6, 6.07) is 0. The number of nitrogens with zero attached hydrogens (tertiary/aromatic N) is 4. The van der Waals surface area contributed by atoms with Gasteiger partial charge in [-0.15, -0.1) is 0 Å². The third-order valence-corrected chi connectivity index (χ3v) is 4.26. The van der Waals surface area contributed by atoms with Crippen molar-refractivity contribution in [1.29, 1.82) is 0 Å². The first kappa shape index (κ1) is 13.8. The lowest BCUT2D eigenvalue weighted by atomic mass is 9.76. The number of imidazole rings is 1. The van der Waals surface area contributed by atoms with Crippen LogP contribution in [0.3, 0.4) is 0 Å². The zero-order valence-corrected chi connectivity index (χ0v) is 12.0. The van der Waals surface area contributed by atoms with Crippen molar-refractivity contribution in [3.63, 3.8) is 0 Å². The maximum atomic E-state index is 11.8. The van der Waals surface area contributed by atoms with Crippen molar-refractivity contribution in [2.75, 3.05) is 18.0 Å². The molecule has 1 aliphatic rings. The monoisotopic (exact) mass is 289 g/mol. The Bertz CT molecular complexity index is 652. The number of H-pyrrole nitrogens is 1. The minimum Gasteiger partial charge on any atom is -0.481 e. The van der Waals surface area contributed by atoms with Crippen LogP contribution in [0, 0.1) is 5.41 Å². The molecule has 0 radical (unpaired) electrons. The summed E-state index contributed by atoms with van der Waals surface area (Å²) in [7, 11) is 0. The van der Waals surface area contributed by atoms with Gasteiger partial charge >= 0.3 is 5.97 Å². The second kappa shape index (κ2) is 5.31. The molecular formula is C14H19N5O2. The lowest BCUT2D eigenvalue weighted by Crippen LogP contribution is -2.48. The number of anilines is 1. The van der Waals surface area contributed by atoms with Gasteiger partial charge in [-0.05, 0) is 19.3 Å². The van der Waals surface area contributed by atoms with Gasteiger partial charge in [-0.1, -0.05) is 13.3 Å². The molecule has 7 nitrogen and oxygen atoms in total. The number of rotatable bonds is 4. The molecule has 1 aliphatic heterocycles. The van der Waals surface area contributed by atoms with Crippen LogP contribution in [-0.4, -0.2) is 44.1 Å². The van der Waals surface area contributed by atoms with Crippen molar-refractivity contribution in [2.45, 2.75) is 32.6 Å². The van der Waals surface area contributed by atoms with E-state index in [1.807, 2.05) is 6.92 Å². The number of carboxylic acid groups (broad SMARTS) is 1. The highest BCUT2D eigenvalue weighted by molar-refractivity contribution is 5.83. The Morgan fingerprint density at radius 2 is 2.33 bits per heavy atom. The molecule has 3 heterocycles. The van der Waals surface area contributed by atoms with Crippen LogP contribution in [-0.2, 0) is 4.79 Å². The van der Waals surface area contributed by atoms with Gasteiger partial charge in [0, 0.05) is 13.1 Å². The van der Waals surface area contributed by atoms with Crippen LogP contribution in [0.2, 0.25) is 0 Å². The quantitative estimate of drug-likeness (QED) is 0.891. The predicted molar refractivity (Wildman–Crippen MR) is 78.1 cm³/mol. The van der Waals surface area contributed by atoms with Gasteiger partial charge in [0.1, 0.15) is 11.8 Å². The summed E-state index contributed by atoms with van der Waals surface area (Å²) in [6.07, 6.45) is 6.20. The number of aromatic nitrogens is 4. The van der Waals surface area contributed by atoms with E-state index in [0.717, 1.165) is 37.1 Å². The van der Waals surface area contributed by atoms with Gasteiger partial charge in [-0.3, -0.25) is 4.79 Å². The second-order valence-corrected chi connectivity index (χ2v) is 5.66. The minimum absolute atomic E-state index is 0.487. The number of carbonyl (C=O) groups is 1. The average Bonchev–Trinajstić information content (AvgIpc) is 2.96. The van der Waals surface area contributed by atoms with Gasteiger partial charge in [0.2, 0.25) is 0 Å². The molecule has 7 heteroatoms. The van der Waals surface area contributed by atoms with Crippen LogP contribution in [0.5, 0.6) is 0 Å². The maximum absolute atomic E-state index is 11.8. The van der Waals surface area contributed by atoms with Crippen LogP contribution in [0.15, 0.2) is 12.7 Å². The largest absolute Gasteiger partial charge is 0.481 e. The molecule has 21 heavy (non-hydrogen) atoms. The number of aliphatic carboxylic acids is 1. The molecule has 1 unspecified atom stereocenters. The van der Waals surface area contributed by atoms with Crippen LogP contribution in [0.25, 0.3) is 11.2 Å². The van der Waals surface area contributed by atoms with Crippen molar-refractivity contribution in [3.8, 4) is 0 Å². The van der Waals surface area contributed by atoms with Crippen molar-refractivity contribution < 1.29 is 9.90 Å². The Balaban J connectivity index is 1.95. The third-order valence-electron chi connectivity index (χ3n) is 4.26. The van der Waals surface area contributed by atoms with Crippen LogP contribution >= 0.6 is 0 Å². The van der Waals surface area contributed by atoms with E-state index in [2.05, 4.69) is 24.8 Å². The molecule has 2 aromatic rings. The Hall–Kier alpha value is -2.18. The van der Waals surface area contributed by atoms with E-state index in [1.54, 1.807) is 6.33 Å². The van der Waals surface area contributed by atoms with E-state index < -0.39 is 11.4 Å². The molecule has 1 atom stereocenters. The van der Waals surface area contributed by atoms with E-state index in [4.69, 9.17) is 0 Å². The molecule has 2 aromatic heterocycles. The van der Waals surface area contributed by atoms with Gasteiger partial charge in [0.05, 0.1) is 11.7 Å². The fourth-order valence-electron chi connectivity index (χ4n) is 3.27. The van der Waals surface area contributed by atoms with Crippen molar-refractivity contribution in [3.05, 3.63) is 12.7 Å². The smallest absolute Gasteiger partial charge is 0.311 e. The lowest BCUT2D eigenvalue weighted by molar-refractivity contribution is -0.150. The Morgan fingerprint density at radius 3 is 3.10 bits per heavy atom.